The van der Waals surface area contributed by atoms with E-state index in [0.717, 1.165) is 12.8 Å². The van der Waals surface area contributed by atoms with Crippen molar-refractivity contribution in [2.24, 2.45) is 0 Å². The van der Waals surface area contributed by atoms with Gasteiger partial charge in [0.15, 0.2) is 0 Å². The van der Waals surface area contributed by atoms with Gasteiger partial charge in [-0.2, -0.15) is 4.98 Å². The molecular weight excluding hydrogens is 248 g/mol. The molecule has 0 aliphatic heterocycles. The monoisotopic (exact) mass is 270 g/mol. The van der Waals surface area contributed by atoms with Crippen molar-refractivity contribution in [1.82, 2.24) is 10.1 Å². The van der Waals surface area contributed by atoms with Gasteiger partial charge in [-0.1, -0.05) is 25.4 Å². The van der Waals surface area contributed by atoms with Gasteiger partial charge < -0.3 is 14.0 Å². The van der Waals surface area contributed by atoms with Crippen molar-refractivity contribution in [3.8, 4) is 0 Å². The van der Waals surface area contributed by atoms with E-state index >= 15 is 0 Å². The van der Waals surface area contributed by atoms with Crippen LogP contribution < -0.4 is 0 Å². The molecule has 6 nitrogen and oxygen atoms in total. The summed E-state index contributed by atoms with van der Waals surface area (Å²) >= 11 is 0. The van der Waals surface area contributed by atoms with Crippen molar-refractivity contribution in [1.29, 1.82) is 0 Å². The van der Waals surface area contributed by atoms with Crippen LogP contribution in [0.4, 0.5) is 0 Å². The summed E-state index contributed by atoms with van der Waals surface area (Å²) in [5.74, 6) is -0.0406. The fraction of sp³-hybridized carbons (Fsp3) is 0.769. The summed E-state index contributed by atoms with van der Waals surface area (Å²) in [5.41, 5.74) is 0. The lowest BCUT2D eigenvalue weighted by atomic mass is 10.1. The van der Waals surface area contributed by atoms with Gasteiger partial charge in [-0.25, -0.2) is 0 Å². The van der Waals surface area contributed by atoms with Gasteiger partial charge in [0, 0.05) is 7.11 Å². The normalized spacial score (nSPS) is 14.1. The molecule has 19 heavy (non-hydrogen) atoms. The zero-order valence-electron chi connectivity index (χ0n) is 12.0. The Kier molecular flexibility index (Phi) is 6.49. The minimum Gasteiger partial charge on any atom is -0.465 e. The lowest BCUT2D eigenvalue weighted by Crippen LogP contribution is -2.16. The average molecular weight is 270 g/mol. The smallest absolute Gasteiger partial charge is 0.318 e. The van der Waals surface area contributed by atoms with E-state index in [-0.39, 0.29) is 12.1 Å². The molecule has 0 spiro atoms. The predicted molar refractivity (Wildman–Crippen MR) is 68.6 cm³/mol. The van der Waals surface area contributed by atoms with E-state index in [0.29, 0.717) is 24.7 Å². The molecule has 0 fully saturated rings. The number of methoxy groups -OCH3 is 1. The first-order valence-corrected chi connectivity index (χ1v) is 6.70. The Balaban J connectivity index is 2.84. The Morgan fingerprint density at radius 1 is 1.37 bits per heavy atom. The zero-order chi connectivity index (χ0) is 14.3. The van der Waals surface area contributed by atoms with Crippen LogP contribution in [0.1, 0.15) is 63.8 Å². The molecule has 1 aromatic rings. The Bertz CT molecular complexity index is 392. The second-order valence-electron chi connectivity index (χ2n) is 4.22. The Morgan fingerprint density at radius 2 is 2.11 bits per heavy atom. The van der Waals surface area contributed by atoms with E-state index in [9.17, 15) is 4.79 Å². The van der Waals surface area contributed by atoms with Crippen molar-refractivity contribution in [3.63, 3.8) is 0 Å². The van der Waals surface area contributed by atoms with Crippen LogP contribution in [-0.4, -0.2) is 29.8 Å². The number of esters is 1. The van der Waals surface area contributed by atoms with Crippen molar-refractivity contribution in [3.05, 3.63) is 11.7 Å². The minimum absolute atomic E-state index is 0.192. The molecule has 2 unspecified atom stereocenters. The third kappa shape index (κ3) is 4.02. The summed E-state index contributed by atoms with van der Waals surface area (Å²) in [6, 6.07) is 0. The summed E-state index contributed by atoms with van der Waals surface area (Å²) in [6.07, 6.45) is 2.14. The van der Waals surface area contributed by atoms with Crippen molar-refractivity contribution in [2.45, 2.75) is 52.1 Å². The summed E-state index contributed by atoms with van der Waals surface area (Å²) in [5, 5.41) is 3.90. The highest BCUT2D eigenvalue weighted by atomic mass is 16.5. The molecule has 6 heteroatoms. The molecular formula is C13H22N2O4. The third-order valence-corrected chi connectivity index (χ3v) is 2.86. The minimum atomic E-state index is -0.500. The summed E-state index contributed by atoms with van der Waals surface area (Å²) in [6.45, 7) is 6.05. The van der Waals surface area contributed by atoms with Gasteiger partial charge in [-0.3, -0.25) is 4.79 Å². The molecule has 0 saturated heterocycles. The van der Waals surface area contributed by atoms with Crippen molar-refractivity contribution in [2.75, 3.05) is 13.7 Å². The molecule has 0 saturated carbocycles. The van der Waals surface area contributed by atoms with Gasteiger partial charge in [-0.15, -0.1) is 0 Å². The number of hydrogen-bond donors (Lipinski definition) is 0. The highest BCUT2D eigenvalue weighted by Gasteiger charge is 2.27. The maximum Gasteiger partial charge on any atom is 0.318 e. The summed E-state index contributed by atoms with van der Waals surface area (Å²) < 4.78 is 15.5. The van der Waals surface area contributed by atoms with Crippen LogP contribution >= 0.6 is 0 Å². The quantitative estimate of drug-likeness (QED) is 0.676. The van der Waals surface area contributed by atoms with E-state index in [1.165, 1.54) is 0 Å². The van der Waals surface area contributed by atoms with E-state index in [1.54, 1.807) is 14.0 Å². The molecule has 1 heterocycles. The fourth-order valence-electron chi connectivity index (χ4n) is 1.82. The van der Waals surface area contributed by atoms with Crippen LogP contribution in [-0.2, 0) is 14.3 Å². The summed E-state index contributed by atoms with van der Waals surface area (Å²) in [7, 11) is 1.61. The first kappa shape index (κ1) is 15.6. The Labute approximate surface area is 113 Å². The molecule has 0 N–H and O–H groups in total. The molecule has 1 rings (SSSR count). The van der Waals surface area contributed by atoms with Gasteiger partial charge in [0.1, 0.15) is 12.0 Å². The fourth-order valence-corrected chi connectivity index (χ4v) is 1.82. The predicted octanol–water partition coefficient (Wildman–Crippen LogP) is 2.61. The highest BCUT2D eigenvalue weighted by Crippen LogP contribution is 2.24. The van der Waals surface area contributed by atoms with E-state index in [4.69, 9.17) is 14.0 Å². The largest absolute Gasteiger partial charge is 0.465 e. The van der Waals surface area contributed by atoms with Gasteiger partial charge in [-0.05, 0) is 19.8 Å². The standard InChI is InChI=1S/C13H22N2O4/c1-5-8-10(17-4)11-14-12(19-15-11)9(6-2)13(16)18-7-3/h9-10H,5-8H2,1-4H3. The maximum atomic E-state index is 11.8. The summed E-state index contributed by atoms with van der Waals surface area (Å²) in [4.78, 5) is 16.0. The molecule has 0 bridgehead atoms. The van der Waals surface area contributed by atoms with E-state index in [2.05, 4.69) is 17.1 Å². The SMILES string of the molecule is CCCC(OC)c1noc(C(CC)C(=O)OCC)n1. The number of carbonyl (C=O) groups is 1. The molecule has 0 aliphatic rings. The Morgan fingerprint density at radius 3 is 2.63 bits per heavy atom. The van der Waals surface area contributed by atoms with Crippen molar-refractivity contribution < 1.29 is 18.8 Å². The molecule has 1 aromatic heterocycles. The van der Waals surface area contributed by atoms with Crippen LogP contribution in [0, 0.1) is 0 Å². The van der Waals surface area contributed by atoms with Crippen LogP contribution in [0.15, 0.2) is 4.52 Å². The van der Waals surface area contributed by atoms with Crippen LogP contribution in [0.3, 0.4) is 0 Å². The maximum absolute atomic E-state index is 11.8. The number of rotatable bonds is 8. The molecule has 0 radical (unpaired) electrons. The molecule has 0 aromatic carbocycles. The van der Waals surface area contributed by atoms with Gasteiger partial charge >= 0.3 is 5.97 Å². The first-order valence-electron chi connectivity index (χ1n) is 6.70. The topological polar surface area (TPSA) is 74.5 Å². The first-order chi connectivity index (χ1) is 9.17. The van der Waals surface area contributed by atoms with E-state index < -0.39 is 5.92 Å². The molecule has 2 atom stereocenters. The lowest BCUT2D eigenvalue weighted by molar-refractivity contribution is -0.145. The van der Waals surface area contributed by atoms with Crippen LogP contribution in [0.2, 0.25) is 0 Å². The van der Waals surface area contributed by atoms with Crippen LogP contribution in [0.5, 0.6) is 0 Å². The van der Waals surface area contributed by atoms with Gasteiger partial charge in [0.25, 0.3) is 0 Å². The molecule has 108 valence electrons. The third-order valence-electron chi connectivity index (χ3n) is 2.86. The highest BCUT2D eigenvalue weighted by molar-refractivity contribution is 5.76. The number of hydrogen-bond acceptors (Lipinski definition) is 6. The van der Waals surface area contributed by atoms with E-state index in [1.807, 2.05) is 6.92 Å². The average Bonchev–Trinajstić information content (AvgIpc) is 2.86. The zero-order valence-corrected chi connectivity index (χ0v) is 12.0. The molecule has 0 amide bonds. The number of ether oxygens (including phenoxy) is 2. The lowest BCUT2D eigenvalue weighted by Gasteiger charge is -2.09. The van der Waals surface area contributed by atoms with Gasteiger partial charge in [0.2, 0.25) is 11.7 Å². The Hall–Kier alpha value is -1.43. The van der Waals surface area contributed by atoms with Gasteiger partial charge in [0.05, 0.1) is 6.61 Å². The second kappa shape index (κ2) is 7.89. The van der Waals surface area contributed by atoms with Crippen molar-refractivity contribution >= 4 is 5.97 Å². The number of carbonyl (C=O) groups excluding carboxylic acids is 1. The van der Waals surface area contributed by atoms with Crippen LogP contribution in [0.25, 0.3) is 0 Å². The molecule has 0 aliphatic carbocycles. The number of aromatic nitrogens is 2. The second-order valence-corrected chi connectivity index (χ2v) is 4.22. The number of nitrogens with zero attached hydrogens (tertiary/aromatic N) is 2.